The maximum absolute atomic E-state index is 4.17. The van der Waals surface area contributed by atoms with Crippen molar-refractivity contribution in [2.45, 2.75) is 33.1 Å². The van der Waals surface area contributed by atoms with Gasteiger partial charge in [0.15, 0.2) is 0 Å². The van der Waals surface area contributed by atoms with Crippen molar-refractivity contribution in [2.24, 2.45) is 0 Å². The Morgan fingerprint density at radius 3 is 2.89 bits per heavy atom. The van der Waals surface area contributed by atoms with Crippen LogP contribution in [0.5, 0.6) is 0 Å². The summed E-state index contributed by atoms with van der Waals surface area (Å²) in [5, 5.41) is 1.36. The molecule has 1 nitrogen and oxygen atoms in total. The molecule has 2 aromatic rings. The van der Waals surface area contributed by atoms with Crippen molar-refractivity contribution >= 4 is 22.7 Å². The predicted octanol–water partition coefficient (Wildman–Crippen LogP) is 4.96. The van der Waals surface area contributed by atoms with Gasteiger partial charge in [0.25, 0.3) is 0 Å². The summed E-state index contributed by atoms with van der Waals surface area (Å²) >= 11 is 0. The third-order valence-corrected chi connectivity index (χ3v) is 3.89. The van der Waals surface area contributed by atoms with Gasteiger partial charge >= 0.3 is 0 Å². The van der Waals surface area contributed by atoms with Crippen LogP contribution < -0.4 is 0 Å². The number of fused-ring (bicyclic) bond motifs is 3. The van der Waals surface area contributed by atoms with E-state index in [1.165, 1.54) is 27.7 Å². The lowest BCUT2D eigenvalue weighted by atomic mass is 9.93. The minimum absolute atomic E-state index is 0.563. The Hall–Kier alpha value is -1.76. The molecule has 3 rings (SSSR count). The third kappa shape index (κ3) is 1.40. The van der Waals surface area contributed by atoms with Crippen molar-refractivity contribution in [2.75, 3.05) is 0 Å². The van der Waals surface area contributed by atoms with Gasteiger partial charge in [0, 0.05) is 28.3 Å². The van der Waals surface area contributed by atoms with Crippen molar-refractivity contribution < 1.29 is 0 Å². The van der Waals surface area contributed by atoms with E-state index in [0.29, 0.717) is 5.92 Å². The fourth-order valence-electron chi connectivity index (χ4n) is 3.11. The van der Waals surface area contributed by atoms with Crippen molar-refractivity contribution in [1.82, 2.24) is 4.57 Å². The van der Waals surface area contributed by atoms with Crippen LogP contribution in [0.3, 0.4) is 0 Å². The zero-order valence-electron chi connectivity index (χ0n) is 11.3. The fraction of sp³-hybridized carbons (Fsp3) is 0.294. The van der Waals surface area contributed by atoms with Crippen LogP contribution in [0.2, 0.25) is 0 Å². The highest BCUT2D eigenvalue weighted by Gasteiger charge is 2.23. The molecule has 1 aromatic carbocycles. The van der Waals surface area contributed by atoms with Crippen molar-refractivity contribution in [1.29, 1.82) is 0 Å². The van der Waals surface area contributed by atoms with Crippen LogP contribution in [0, 0.1) is 6.92 Å². The summed E-state index contributed by atoms with van der Waals surface area (Å²) in [6, 6.07) is 6.55. The molecule has 1 unspecified atom stereocenters. The topological polar surface area (TPSA) is 4.93 Å². The molecule has 0 bridgehead atoms. The Kier molecular flexibility index (Phi) is 2.44. The SMILES string of the molecule is C=C(C)n1c2c(c3cccc(C)c31)C=CCC2C. The largest absolute Gasteiger partial charge is 0.317 e. The zero-order chi connectivity index (χ0) is 12.9. The van der Waals surface area contributed by atoms with Crippen molar-refractivity contribution in [3.8, 4) is 0 Å². The Morgan fingerprint density at radius 1 is 1.39 bits per heavy atom. The monoisotopic (exact) mass is 237 g/mol. The van der Waals surface area contributed by atoms with Gasteiger partial charge in [0.2, 0.25) is 0 Å². The molecule has 1 heterocycles. The maximum Gasteiger partial charge on any atom is 0.0563 e. The molecule has 0 aliphatic heterocycles. The second-order valence-electron chi connectivity index (χ2n) is 5.38. The highest BCUT2D eigenvalue weighted by Crippen LogP contribution is 2.39. The van der Waals surface area contributed by atoms with Gasteiger partial charge in [-0.3, -0.25) is 0 Å². The molecule has 1 aliphatic rings. The number of para-hydroxylation sites is 1. The molecule has 0 fully saturated rings. The summed E-state index contributed by atoms with van der Waals surface area (Å²) < 4.78 is 2.36. The van der Waals surface area contributed by atoms with Crippen LogP contribution in [0.15, 0.2) is 30.9 Å². The maximum atomic E-state index is 4.17. The quantitative estimate of drug-likeness (QED) is 0.660. The standard InChI is InChI=1S/C17H19N/c1-11(2)18-16-12(3)7-5-9-14(16)15-10-6-8-13(4)17(15)18/h5-7,9-10,13H,1,8H2,2-4H3. The molecule has 0 spiro atoms. The molecule has 1 aromatic heterocycles. The number of hydrogen-bond acceptors (Lipinski definition) is 0. The second kappa shape index (κ2) is 3.88. The molecular formula is C17H19N. The first-order chi connectivity index (χ1) is 8.61. The molecule has 0 saturated carbocycles. The number of rotatable bonds is 1. The number of benzene rings is 1. The predicted molar refractivity (Wildman–Crippen MR) is 79.7 cm³/mol. The first kappa shape index (κ1) is 11.3. The van der Waals surface area contributed by atoms with Crippen LogP contribution in [0.25, 0.3) is 22.7 Å². The van der Waals surface area contributed by atoms with Crippen molar-refractivity contribution in [3.63, 3.8) is 0 Å². The van der Waals surface area contributed by atoms with Gasteiger partial charge in [-0.05, 0) is 25.8 Å². The highest BCUT2D eigenvalue weighted by atomic mass is 15.0. The van der Waals surface area contributed by atoms with Gasteiger partial charge in [-0.25, -0.2) is 0 Å². The molecule has 1 atom stereocenters. The zero-order valence-corrected chi connectivity index (χ0v) is 11.3. The van der Waals surface area contributed by atoms with Crippen LogP contribution in [0.4, 0.5) is 0 Å². The fourth-order valence-corrected chi connectivity index (χ4v) is 3.11. The van der Waals surface area contributed by atoms with Crippen LogP contribution in [-0.2, 0) is 0 Å². The highest BCUT2D eigenvalue weighted by molar-refractivity contribution is 5.96. The molecule has 0 radical (unpaired) electrons. The Labute approximate surface area is 108 Å². The Bertz CT molecular complexity index is 670. The second-order valence-corrected chi connectivity index (χ2v) is 5.38. The summed E-state index contributed by atoms with van der Waals surface area (Å²) in [6.45, 7) is 10.7. The van der Waals surface area contributed by atoms with Gasteiger partial charge in [0.05, 0.1) is 5.52 Å². The van der Waals surface area contributed by atoms with E-state index >= 15 is 0 Å². The van der Waals surface area contributed by atoms with Gasteiger partial charge in [0.1, 0.15) is 0 Å². The summed E-state index contributed by atoms with van der Waals surface area (Å²) in [4.78, 5) is 0. The minimum atomic E-state index is 0.563. The smallest absolute Gasteiger partial charge is 0.0563 e. The summed E-state index contributed by atoms with van der Waals surface area (Å²) in [6.07, 6.45) is 5.68. The number of aromatic nitrogens is 1. The van der Waals surface area contributed by atoms with Crippen LogP contribution in [-0.4, -0.2) is 4.57 Å². The average Bonchev–Trinajstić information content (AvgIpc) is 2.67. The lowest BCUT2D eigenvalue weighted by molar-refractivity contribution is 0.726. The molecule has 0 amide bonds. The molecular weight excluding hydrogens is 218 g/mol. The van der Waals surface area contributed by atoms with Gasteiger partial charge in [-0.1, -0.05) is 43.9 Å². The molecule has 1 aliphatic carbocycles. The molecule has 18 heavy (non-hydrogen) atoms. The molecule has 0 saturated heterocycles. The molecule has 1 heteroatoms. The summed E-state index contributed by atoms with van der Waals surface area (Å²) in [5.74, 6) is 0.563. The first-order valence-corrected chi connectivity index (χ1v) is 6.57. The van der Waals surface area contributed by atoms with Gasteiger partial charge in [-0.2, -0.15) is 0 Å². The van der Waals surface area contributed by atoms with E-state index in [1.54, 1.807) is 0 Å². The minimum Gasteiger partial charge on any atom is -0.317 e. The van der Waals surface area contributed by atoms with Gasteiger partial charge < -0.3 is 4.57 Å². The van der Waals surface area contributed by atoms with Crippen LogP contribution in [0.1, 0.15) is 43.0 Å². The first-order valence-electron chi connectivity index (χ1n) is 6.57. The lowest BCUT2D eigenvalue weighted by Gasteiger charge is -2.19. The Morgan fingerprint density at radius 2 is 2.17 bits per heavy atom. The Balaban J connectivity index is 2.53. The van der Waals surface area contributed by atoms with Crippen molar-refractivity contribution in [3.05, 3.63) is 47.7 Å². The number of allylic oxidation sites excluding steroid dienone is 2. The molecule has 0 N–H and O–H groups in total. The summed E-state index contributed by atoms with van der Waals surface area (Å²) in [5.41, 5.74) is 6.57. The normalized spacial score (nSPS) is 18.1. The number of hydrogen-bond donors (Lipinski definition) is 0. The molecule has 92 valence electrons. The van der Waals surface area contributed by atoms with E-state index in [2.05, 4.69) is 62.3 Å². The van der Waals surface area contributed by atoms with E-state index in [1.807, 2.05) is 0 Å². The van der Waals surface area contributed by atoms with E-state index in [4.69, 9.17) is 0 Å². The van der Waals surface area contributed by atoms with Crippen LogP contribution >= 0.6 is 0 Å². The lowest BCUT2D eigenvalue weighted by Crippen LogP contribution is -2.06. The van der Waals surface area contributed by atoms with E-state index < -0.39 is 0 Å². The third-order valence-electron chi connectivity index (χ3n) is 3.89. The van der Waals surface area contributed by atoms with Gasteiger partial charge in [-0.15, -0.1) is 0 Å². The van der Waals surface area contributed by atoms with E-state index in [9.17, 15) is 0 Å². The number of nitrogens with zero attached hydrogens (tertiary/aromatic N) is 1. The van der Waals surface area contributed by atoms with E-state index in [0.717, 1.165) is 12.1 Å². The number of aryl methyl sites for hydroxylation is 1. The summed E-state index contributed by atoms with van der Waals surface area (Å²) in [7, 11) is 0. The van der Waals surface area contributed by atoms with E-state index in [-0.39, 0.29) is 0 Å². The average molecular weight is 237 g/mol.